The second-order valence-corrected chi connectivity index (χ2v) is 5.77. The van der Waals surface area contributed by atoms with E-state index < -0.39 is 11.5 Å². The number of hydrogen-bond donors (Lipinski definition) is 2. The third kappa shape index (κ3) is 4.31. The van der Waals surface area contributed by atoms with Gasteiger partial charge in [0, 0.05) is 30.8 Å². The second-order valence-electron chi connectivity index (χ2n) is 5.77. The number of carbonyl (C=O) groups is 1. The van der Waals surface area contributed by atoms with Crippen molar-refractivity contribution in [2.75, 3.05) is 6.54 Å². The molecule has 124 valence electrons. The van der Waals surface area contributed by atoms with Crippen LogP contribution in [0.1, 0.15) is 60.0 Å². The van der Waals surface area contributed by atoms with E-state index in [-0.39, 0.29) is 11.5 Å². The number of rotatable bonds is 7. The van der Waals surface area contributed by atoms with Gasteiger partial charge in [0.15, 0.2) is 0 Å². The molecule has 0 aliphatic heterocycles. The minimum atomic E-state index is -0.568. The number of amides is 1. The van der Waals surface area contributed by atoms with Gasteiger partial charge in [-0.25, -0.2) is 9.78 Å². The van der Waals surface area contributed by atoms with E-state index in [2.05, 4.69) is 22.2 Å². The van der Waals surface area contributed by atoms with E-state index in [4.69, 9.17) is 4.42 Å². The number of aromatic amines is 1. The van der Waals surface area contributed by atoms with Gasteiger partial charge in [0.25, 0.3) is 5.91 Å². The number of H-pyrrole nitrogens is 1. The number of nitrogens with one attached hydrogen (secondary N) is 2. The molecule has 23 heavy (non-hydrogen) atoms. The molecule has 0 bridgehead atoms. The van der Waals surface area contributed by atoms with Gasteiger partial charge >= 0.3 is 5.63 Å². The molecule has 6 heteroatoms. The Kier molecular flexibility index (Phi) is 5.73. The molecule has 2 aromatic rings. The van der Waals surface area contributed by atoms with E-state index >= 15 is 0 Å². The summed E-state index contributed by atoms with van der Waals surface area (Å²) in [7, 11) is 0. The van der Waals surface area contributed by atoms with Crippen molar-refractivity contribution >= 4 is 5.91 Å². The fourth-order valence-electron chi connectivity index (χ4n) is 2.54. The summed E-state index contributed by atoms with van der Waals surface area (Å²) in [4.78, 5) is 31.3. The van der Waals surface area contributed by atoms with Gasteiger partial charge in [-0.15, -0.1) is 0 Å². The van der Waals surface area contributed by atoms with Crippen LogP contribution in [0.25, 0.3) is 0 Å². The maximum atomic E-state index is 12.2. The Balaban J connectivity index is 2.06. The van der Waals surface area contributed by atoms with Crippen LogP contribution in [0.4, 0.5) is 0 Å². The van der Waals surface area contributed by atoms with Crippen molar-refractivity contribution in [3.05, 3.63) is 51.6 Å². The largest absolute Gasteiger partial charge is 0.427 e. The Labute approximate surface area is 135 Å². The zero-order chi connectivity index (χ0) is 16.8. The number of aromatic nitrogens is 2. The molecule has 2 rings (SSSR count). The molecule has 1 amide bonds. The van der Waals surface area contributed by atoms with Crippen molar-refractivity contribution in [3.63, 3.8) is 0 Å². The average molecular weight is 317 g/mol. The molecular formula is C17H23N3O3. The topological polar surface area (TPSA) is 88.0 Å². The number of aryl methyl sites for hydroxylation is 1. The quantitative estimate of drug-likeness (QED) is 0.821. The van der Waals surface area contributed by atoms with Crippen LogP contribution >= 0.6 is 0 Å². The molecule has 2 heterocycles. The summed E-state index contributed by atoms with van der Waals surface area (Å²) in [6, 6.07) is 1.80. The predicted molar refractivity (Wildman–Crippen MR) is 87.7 cm³/mol. The highest BCUT2D eigenvalue weighted by Gasteiger charge is 2.18. The van der Waals surface area contributed by atoms with Crippen LogP contribution in [0.5, 0.6) is 0 Å². The lowest BCUT2D eigenvalue weighted by atomic mass is 10.0. The van der Waals surface area contributed by atoms with Gasteiger partial charge in [-0.05, 0) is 25.0 Å². The van der Waals surface area contributed by atoms with Crippen molar-refractivity contribution in [3.8, 4) is 0 Å². The third-order valence-corrected chi connectivity index (χ3v) is 3.84. The minimum absolute atomic E-state index is 0.0852. The second kappa shape index (κ2) is 7.76. The number of carbonyl (C=O) groups excluding carboxylic acids is 1. The molecule has 0 radical (unpaired) electrons. The SMILES string of the molecule is CCCC(C)c1cc(C)c(C(=O)NCCc2cnc[nH]2)c(=O)o1. The Morgan fingerprint density at radius 2 is 2.26 bits per heavy atom. The van der Waals surface area contributed by atoms with Gasteiger partial charge in [-0.3, -0.25) is 4.79 Å². The van der Waals surface area contributed by atoms with Crippen LogP contribution in [0.15, 0.2) is 27.8 Å². The molecule has 0 fully saturated rings. The van der Waals surface area contributed by atoms with Crippen molar-refractivity contribution < 1.29 is 9.21 Å². The summed E-state index contributed by atoms with van der Waals surface area (Å²) in [5, 5.41) is 2.75. The molecule has 0 aliphatic carbocycles. The van der Waals surface area contributed by atoms with Gasteiger partial charge in [-0.2, -0.15) is 0 Å². The summed E-state index contributed by atoms with van der Waals surface area (Å²) in [5.74, 6) is 0.415. The summed E-state index contributed by atoms with van der Waals surface area (Å²) < 4.78 is 5.34. The van der Waals surface area contributed by atoms with Gasteiger partial charge in [-0.1, -0.05) is 20.3 Å². The number of hydrogen-bond acceptors (Lipinski definition) is 4. The van der Waals surface area contributed by atoms with Crippen LogP contribution in [0.3, 0.4) is 0 Å². The van der Waals surface area contributed by atoms with Gasteiger partial charge < -0.3 is 14.7 Å². The summed E-state index contributed by atoms with van der Waals surface area (Å²) >= 11 is 0. The normalized spacial score (nSPS) is 12.1. The molecule has 0 saturated heterocycles. The minimum Gasteiger partial charge on any atom is -0.427 e. The van der Waals surface area contributed by atoms with Crippen molar-refractivity contribution in [2.45, 2.75) is 46.0 Å². The molecule has 1 unspecified atom stereocenters. The first-order valence-electron chi connectivity index (χ1n) is 7.93. The van der Waals surface area contributed by atoms with Crippen molar-refractivity contribution in [1.29, 1.82) is 0 Å². The first kappa shape index (κ1) is 17.0. The first-order chi connectivity index (χ1) is 11.0. The molecule has 2 N–H and O–H groups in total. The summed E-state index contributed by atoms with van der Waals surface area (Å²) in [6.45, 7) is 6.30. The van der Waals surface area contributed by atoms with E-state index in [1.807, 2.05) is 6.92 Å². The first-order valence-corrected chi connectivity index (χ1v) is 7.93. The van der Waals surface area contributed by atoms with Gasteiger partial charge in [0.05, 0.1) is 6.33 Å². The fraction of sp³-hybridized carbons (Fsp3) is 0.471. The molecule has 0 aliphatic rings. The van der Waals surface area contributed by atoms with Crippen LogP contribution < -0.4 is 10.9 Å². The van der Waals surface area contributed by atoms with Gasteiger partial charge in [0.1, 0.15) is 11.3 Å². The zero-order valence-electron chi connectivity index (χ0n) is 13.8. The summed E-state index contributed by atoms with van der Waals surface area (Å²) in [6.07, 6.45) is 5.88. The van der Waals surface area contributed by atoms with Gasteiger partial charge in [0.2, 0.25) is 0 Å². The van der Waals surface area contributed by atoms with Crippen LogP contribution in [-0.2, 0) is 6.42 Å². The molecule has 0 spiro atoms. The Bertz CT molecular complexity index is 704. The molecule has 1 atom stereocenters. The summed E-state index contributed by atoms with van der Waals surface area (Å²) in [5.41, 5.74) is 1.10. The Morgan fingerprint density at radius 3 is 2.87 bits per heavy atom. The van der Waals surface area contributed by atoms with E-state index in [0.717, 1.165) is 18.5 Å². The van der Waals surface area contributed by atoms with E-state index in [1.165, 1.54) is 0 Å². The van der Waals surface area contributed by atoms with E-state index in [9.17, 15) is 9.59 Å². The molecule has 6 nitrogen and oxygen atoms in total. The predicted octanol–water partition coefficient (Wildman–Crippen LogP) is 2.55. The Morgan fingerprint density at radius 1 is 1.48 bits per heavy atom. The number of imidazole rings is 1. The number of nitrogens with zero attached hydrogens (tertiary/aromatic N) is 1. The van der Waals surface area contributed by atoms with E-state index in [1.54, 1.807) is 25.5 Å². The maximum Gasteiger partial charge on any atom is 0.349 e. The molecule has 0 aromatic carbocycles. The maximum absolute atomic E-state index is 12.2. The average Bonchev–Trinajstić information content (AvgIpc) is 3.00. The van der Waals surface area contributed by atoms with Crippen molar-refractivity contribution in [2.24, 2.45) is 0 Å². The highest BCUT2D eigenvalue weighted by molar-refractivity contribution is 5.95. The van der Waals surface area contributed by atoms with Crippen LogP contribution in [0, 0.1) is 6.92 Å². The third-order valence-electron chi connectivity index (χ3n) is 3.84. The lowest BCUT2D eigenvalue weighted by molar-refractivity contribution is 0.0949. The lowest BCUT2D eigenvalue weighted by Gasteiger charge is -2.11. The Hall–Kier alpha value is -2.37. The zero-order valence-corrected chi connectivity index (χ0v) is 13.8. The van der Waals surface area contributed by atoms with E-state index in [0.29, 0.717) is 24.3 Å². The standard InChI is InChI=1S/C17H23N3O3/c1-4-5-11(2)14-8-12(3)15(17(22)23-14)16(21)19-7-6-13-9-18-10-20-13/h8-11H,4-7H2,1-3H3,(H,18,20)(H,19,21). The lowest BCUT2D eigenvalue weighted by Crippen LogP contribution is -2.31. The molecule has 2 aromatic heterocycles. The molecular weight excluding hydrogens is 294 g/mol. The van der Waals surface area contributed by atoms with Crippen molar-refractivity contribution in [1.82, 2.24) is 15.3 Å². The monoisotopic (exact) mass is 317 g/mol. The van der Waals surface area contributed by atoms with Crippen LogP contribution in [-0.4, -0.2) is 22.4 Å². The fourth-order valence-corrected chi connectivity index (χ4v) is 2.54. The molecule has 0 saturated carbocycles. The highest BCUT2D eigenvalue weighted by Crippen LogP contribution is 2.21. The van der Waals surface area contributed by atoms with Crippen LogP contribution in [0.2, 0.25) is 0 Å². The smallest absolute Gasteiger partial charge is 0.349 e. The highest BCUT2D eigenvalue weighted by atomic mass is 16.4.